The van der Waals surface area contributed by atoms with E-state index in [2.05, 4.69) is 21.3 Å². The first kappa shape index (κ1) is 39.6. The molecule has 0 aromatic rings. The van der Waals surface area contributed by atoms with E-state index in [1.54, 1.807) is 20.8 Å². The molecule has 0 unspecified atom stereocenters. The van der Waals surface area contributed by atoms with Crippen LogP contribution in [0.2, 0.25) is 0 Å². The fourth-order valence-corrected chi connectivity index (χ4v) is 6.40. The minimum absolute atomic E-state index is 0.00122. The van der Waals surface area contributed by atoms with Gasteiger partial charge in [-0.1, -0.05) is 69.2 Å². The molecule has 1 saturated heterocycles. The van der Waals surface area contributed by atoms with Gasteiger partial charge in [0.1, 0.15) is 18.1 Å². The number of likely N-dealkylation sites (N-methyl/N-ethyl adjacent to an activating group) is 1. The number of alkyl halides is 2. The summed E-state index contributed by atoms with van der Waals surface area (Å²) in [6.45, 7) is 19.0. The highest BCUT2D eigenvalue weighted by atomic mass is 32.2. The van der Waals surface area contributed by atoms with Gasteiger partial charge in [0.15, 0.2) is 0 Å². The maximum Gasteiger partial charge on any atom is 0.315 e. The van der Waals surface area contributed by atoms with Gasteiger partial charge in [-0.15, -0.1) is 0 Å². The van der Waals surface area contributed by atoms with E-state index in [9.17, 15) is 36.4 Å². The molecule has 0 bridgehead atoms. The minimum atomic E-state index is -3.52. The normalized spacial score (nSPS) is 23.1. The van der Waals surface area contributed by atoms with Crippen LogP contribution in [0.1, 0.15) is 75.7 Å². The van der Waals surface area contributed by atoms with Gasteiger partial charge in [-0.2, -0.15) is 0 Å². The molecule has 0 aromatic heterocycles. The van der Waals surface area contributed by atoms with Gasteiger partial charge in [-0.3, -0.25) is 14.4 Å². The second-order valence-electron chi connectivity index (χ2n) is 16.1. The van der Waals surface area contributed by atoms with Crippen LogP contribution in [0.4, 0.5) is 13.6 Å². The molecule has 4 N–H and O–H groups in total. The Morgan fingerprint density at radius 3 is 2.00 bits per heavy atom. The van der Waals surface area contributed by atoms with Crippen LogP contribution in [0.3, 0.4) is 0 Å². The lowest BCUT2D eigenvalue weighted by Gasteiger charge is -2.39. The van der Waals surface area contributed by atoms with Crippen molar-refractivity contribution in [3.8, 4) is 0 Å². The molecule has 1 aliphatic heterocycles. The molecule has 5 amide bonds. The van der Waals surface area contributed by atoms with E-state index in [-0.39, 0.29) is 42.8 Å². The number of nitrogens with one attached hydrogen (secondary N) is 4. The molecule has 6 atom stereocenters. The van der Waals surface area contributed by atoms with Gasteiger partial charge in [0.2, 0.25) is 34.2 Å². The second-order valence-corrected chi connectivity index (χ2v) is 18.2. The van der Waals surface area contributed by atoms with Crippen molar-refractivity contribution in [2.24, 2.45) is 34.0 Å². The Morgan fingerprint density at radius 1 is 0.978 bits per heavy atom. The Kier molecular flexibility index (Phi) is 12.3. The first-order valence-corrected chi connectivity index (χ1v) is 17.7. The predicted octanol–water partition coefficient (Wildman–Crippen LogP) is 2.40. The van der Waals surface area contributed by atoms with Crippen molar-refractivity contribution in [3.63, 3.8) is 0 Å². The summed E-state index contributed by atoms with van der Waals surface area (Å²) < 4.78 is 52.2. The fourth-order valence-electron chi connectivity index (χ4n) is 5.98. The van der Waals surface area contributed by atoms with Crippen molar-refractivity contribution in [2.75, 3.05) is 32.9 Å². The Morgan fingerprint density at radius 2 is 1.54 bits per heavy atom. The molecule has 12 nitrogen and oxygen atoms in total. The molecule has 46 heavy (non-hydrogen) atoms. The van der Waals surface area contributed by atoms with E-state index in [4.69, 9.17) is 0 Å². The average Bonchev–Trinajstić information content (AvgIpc) is 3.19. The quantitative estimate of drug-likeness (QED) is 0.235. The number of piperidine rings is 1. The summed E-state index contributed by atoms with van der Waals surface area (Å²) in [5.41, 5.74) is -1.64. The molecule has 0 spiro atoms. The van der Waals surface area contributed by atoms with E-state index in [1.807, 2.05) is 48.5 Å². The topological polar surface area (TPSA) is 157 Å². The summed E-state index contributed by atoms with van der Waals surface area (Å²) in [4.78, 5) is 55.5. The number of fused-ring (bicyclic) bond motifs is 1. The summed E-state index contributed by atoms with van der Waals surface area (Å²) in [5, 5.41) is 10.7. The number of carbonyl (C=O) groups is 4. The Hall–Kier alpha value is -2.55. The number of amides is 5. The van der Waals surface area contributed by atoms with E-state index >= 15 is 0 Å². The third-order valence-electron chi connectivity index (χ3n) is 9.24. The maximum atomic E-state index is 14.2. The van der Waals surface area contributed by atoms with Gasteiger partial charge in [-0.25, -0.2) is 26.3 Å². The predicted molar refractivity (Wildman–Crippen MR) is 172 cm³/mol. The molecule has 2 aliphatic rings. The van der Waals surface area contributed by atoms with Crippen molar-refractivity contribution in [1.82, 2.24) is 30.5 Å². The van der Waals surface area contributed by atoms with Crippen LogP contribution < -0.4 is 21.3 Å². The first-order chi connectivity index (χ1) is 20.7. The van der Waals surface area contributed by atoms with E-state index < -0.39 is 81.6 Å². The van der Waals surface area contributed by atoms with Gasteiger partial charge in [-0.05, 0) is 34.0 Å². The van der Waals surface area contributed by atoms with Crippen LogP contribution in [0, 0.1) is 34.0 Å². The van der Waals surface area contributed by atoms with Gasteiger partial charge in [0.25, 0.3) is 0 Å². The summed E-state index contributed by atoms with van der Waals surface area (Å²) in [6, 6.07) is -4.89. The SMILES string of the molecule is CC(C)CNC(=O)[C@H](CC(F)F)NC(=O)[C@@H]1[C@@H]2[C@H](CN1C(=O)[C@@H](NC(=O)N[C@H](CN(C)S(C)(=O)=O)C(C)(C)C)C(C)(C)C)C2(C)C. The van der Waals surface area contributed by atoms with Gasteiger partial charge < -0.3 is 26.2 Å². The van der Waals surface area contributed by atoms with E-state index in [0.717, 1.165) is 10.6 Å². The monoisotopic (exact) mass is 678 g/mol. The molecular weight excluding hydrogens is 622 g/mol. The van der Waals surface area contributed by atoms with Crippen LogP contribution in [0.25, 0.3) is 0 Å². The Bertz CT molecular complexity index is 1250. The third kappa shape index (κ3) is 9.98. The number of likely N-dealkylation sites (tertiary alicyclic amines) is 1. The average molecular weight is 679 g/mol. The summed E-state index contributed by atoms with van der Waals surface area (Å²) in [6.07, 6.45) is -2.64. The number of urea groups is 1. The van der Waals surface area contributed by atoms with Crippen molar-refractivity contribution >= 4 is 33.8 Å². The van der Waals surface area contributed by atoms with Gasteiger partial charge in [0, 0.05) is 39.1 Å². The molecule has 2 fully saturated rings. The van der Waals surface area contributed by atoms with E-state index in [1.165, 1.54) is 11.9 Å². The minimum Gasteiger partial charge on any atom is -0.354 e. The molecule has 2 rings (SSSR count). The maximum absolute atomic E-state index is 14.2. The molecule has 0 radical (unpaired) electrons. The molecule has 0 aromatic carbocycles. The van der Waals surface area contributed by atoms with Gasteiger partial charge >= 0.3 is 6.03 Å². The molecule has 1 aliphatic carbocycles. The highest BCUT2D eigenvalue weighted by molar-refractivity contribution is 7.88. The summed E-state index contributed by atoms with van der Waals surface area (Å²) in [5.74, 6) is -2.13. The highest BCUT2D eigenvalue weighted by Gasteiger charge is 2.70. The Balaban J connectivity index is 2.33. The summed E-state index contributed by atoms with van der Waals surface area (Å²) in [7, 11) is -2.10. The largest absolute Gasteiger partial charge is 0.354 e. The van der Waals surface area contributed by atoms with Crippen LogP contribution >= 0.6 is 0 Å². The number of sulfonamides is 1. The van der Waals surface area contributed by atoms with Crippen molar-refractivity contribution < 1.29 is 36.4 Å². The second kappa shape index (κ2) is 14.3. The van der Waals surface area contributed by atoms with Crippen LogP contribution in [0.15, 0.2) is 0 Å². The number of hydrogen-bond donors (Lipinski definition) is 4. The number of hydrogen-bond acceptors (Lipinski definition) is 6. The first-order valence-electron chi connectivity index (χ1n) is 15.8. The smallest absolute Gasteiger partial charge is 0.315 e. The van der Waals surface area contributed by atoms with Crippen molar-refractivity contribution in [2.45, 2.75) is 106 Å². The zero-order valence-electron chi connectivity index (χ0n) is 29.5. The summed E-state index contributed by atoms with van der Waals surface area (Å²) >= 11 is 0. The van der Waals surface area contributed by atoms with Crippen LogP contribution in [-0.4, -0.2) is 105 Å². The molecule has 15 heteroatoms. The highest BCUT2D eigenvalue weighted by Crippen LogP contribution is 2.65. The number of carbonyl (C=O) groups excluding carboxylic acids is 4. The molecule has 266 valence electrons. The zero-order valence-corrected chi connectivity index (χ0v) is 30.3. The fraction of sp³-hybridized carbons (Fsp3) is 0.871. The standard InChI is InChI=1S/C31H56F2N6O6S/c1-17(2)14-34-25(40)19(13-21(32)33)35-26(41)23-22-18(31(22,9)10)15-39(23)27(42)24(30(6,7)8)37-28(43)36-20(29(3,4)5)16-38(11)46(12,44)45/h17-24H,13-16H2,1-12H3,(H,34,40)(H,35,41)(H2,36,37,43)/t18-,19-,20+,22-,23-,24+/m0/s1. The molecule has 1 saturated carbocycles. The lowest BCUT2D eigenvalue weighted by atomic mass is 9.85. The lowest BCUT2D eigenvalue weighted by Crippen LogP contribution is -2.62. The number of rotatable bonds is 13. The van der Waals surface area contributed by atoms with Crippen LogP contribution in [0.5, 0.6) is 0 Å². The van der Waals surface area contributed by atoms with Crippen LogP contribution in [-0.2, 0) is 24.4 Å². The molecule has 1 heterocycles. The number of halogens is 2. The number of nitrogens with zero attached hydrogens (tertiary/aromatic N) is 2. The van der Waals surface area contributed by atoms with Crippen molar-refractivity contribution in [1.29, 1.82) is 0 Å². The lowest BCUT2D eigenvalue weighted by molar-refractivity contribution is -0.144. The molecular formula is C31H56F2N6O6S. The van der Waals surface area contributed by atoms with E-state index in [0.29, 0.717) is 0 Å². The Labute approximate surface area is 273 Å². The third-order valence-corrected chi connectivity index (χ3v) is 10.5. The van der Waals surface area contributed by atoms with Crippen molar-refractivity contribution in [3.05, 3.63) is 0 Å². The zero-order chi connectivity index (χ0) is 35.7. The van der Waals surface area contributed by atoms with Gasteiger partial charge in [0.05, 0.1) is 6.26 Å².